The van der Waals surface area contributed by atoms with Gasteiger partial charge in [-0.2, -0.15) is 0 Å². The second kappa shape index (κ2) is 7.00. The average Bonchev–Trinajstić information content (AvgIpc) is 2.39. The van der Waals surface area contributed by atoms with Gasteiger partial charge in [0.15, 0.2) is 6.10 Å². The summed E-state index contributed by atoms with van der Waals surface area (Å²) in [5.41, 5.74) is 0. The molecule has 0 aromatic heterocycles. The number of benzene rings is 1. The molecule has 0 fully saturated rings. The smallest absolute Gasteiger partial charge is 0.261 e. The number of rotatable bonds is 5. The lowest BCUT2D eigenvalue weighted by Crippen LogP contribution is -2.36. The summed E-state index contributed by atoms with van der Waals surface area (Å²) in [5, 5.41) is 6.99. The fourth-order valence-corrected chi connectivity index (χ4v) is 2.70. The predicted octanol–water partition coefficient (Wildman–Crippen LogP) is 1.16. The van der Waals surface area contributed by atoms with E-state index in [0.717, 1.165) is 6.07 Å². The largest absolute Gasteiger partial charge is 0.479 e. The van der Waals surface area contributed by atoms with Crippen molar-refractivity contribution in [2.24, 2.45) is 5.14 Å². The number of ether oxygens (including phenoxy) is 1. The van der Waals surface area contributed by atoms with Crippen molar-refractivity contribution in [3.8, 4) is 18.1 Å². The number of terminal acetylenes is 1. The first-order chi connectivity index (χ1) is 9.68. The Morgan fingerprint density at radius 2 is 2.10 bits per heavy atom. The van der Waals surface area contributed by atoms with Crippen LogP contribution in [0.3, 0.4) is 0 Å². The van der Waals surface area contributed by atoms with Crippen molar-refractivity contribution in [2.75, 3.05) is 6.54 Å². The minimum atomic E-state index is -4.00. The number of nitrogens with one attached hydrogen (secondary N) is 1. The Balaban J connectivity index is 2.99. The number of nitrogens with two attached hydrogens (primary N) is 1. The van der Waals surface area contributed by atoms with Crippen LogP contribution < -0.4 is 15.2 Å². The van der Waals surface area contributed by atoms with Gasteiger partial charge in [-0.25, -0.2) is 13.6 Å². The number of halogens is 2. The molecular formula is C12H12Cl2N2O4S. The number of hydrogen-bond donors (Lipinski definition) is 2. The third kappa shape index (κ3) is 4.51. The van der Waals surface area contributed by atoms with Gasteiger partial charge in [0, 0.05) is 0 Å². The van der Waals surface area contributed by atoms with Crippen LogP contribution in [0.5, 0.6) is 5.75 Å². The minimum Gasteiger partial charge on any atom is -0.479 e. The second-order valence-corrected chi connectivity index (χ2v) is 6.20. The zero-order chi connectivity index (χ0) is 16.2. The molecular weight excluding hydrogens is 339 g/mol. The van der Waals surface area contributed by atoms with Crippen LogP contribution in [-0.4, -0.2) is 27.0 Å². The molecule has 1 aromatic rings. The highest BCUT2D eigenvalue weighted by atomic mass is 35.5. The number of sulfonamides is 1. The third-order valence-electron chi connectivity index (χ3n) is 2.36. The van der Waals surface area contributed by atoms with Crippen LogP contribution in [0, 0.1) is 12.3 Å². The molecule has 1 aromatic carbocycles. The van der Waals surface area contributed by atoms with Crippen molar-refractivity contribution in [2.45, 2.75) is 17.9 Å². The molecule has 0 radical (unpaired) electrons. The maximum Gasteiger partial charge on any atom is 0.261 e. The van der Waals surface area contributed by atoms with Crippen molar-refractivity contribution in [3.63, 3.8) is 0 Å². The Bertz CT molecular complexity index is 698. The molecule has 114 valence electrons. The minimum absolute atomic E-state index is 0.0532. The summed E-state index contributed by atoms with van der Waals surface area (Å²) in [7, 11) is -4.00. The zero-order valence-corrected chi connectivity index (χ0v) is 13.2. The van der Waals surface area contributed by atoms with Gasteiger partial charge in [0.1, 0.15) is 15.7 Å². The van der Waals surface area contributed by atoms with Crippen molar-refractivity contribution in [1.82, 2.24) is 5.32 Å². The first-order valence-corrected chi connectivity index (χ1v) is 7.87. The molecule has 1 amide bonds. The van der Waals surface area contributed by atoms with Crippen molar-refractivity contribution in [1.29, 1.82) is 0 Å². The number of carbonyl (C=O) groups is 1. The Kier molecular flexibility index (Phi) is 5.87. The van der Waals surface area contributed by atoms with Crippen LogP contribution in [0.2, 0.25) is 10.0 Å². The maximum absolute atomic E-state index is 11.6. The van der Waals surface area contributed by atoms with E-state index in [4.69, 9.17) is 39.5 Å². The maximum atomic E-state index is 11.6. The molecule has 3 N–H and O–H groups in total. The molecule has 1 atom stereocenters. The Morgan fingerprint density at radius 3 is 2.62 bits per heavy atom. The summed E-state index contributed by atoms with van der Waals surface area (Å²) >= 11 is 11.7. The number of hydrogen-bond acceptors (Lipinski definition) is 4. The van der Waals surface area contributed by atoms with Crippen LogP contribution in [0.4, 0.5) is 0 Å². The Morgan fingerprint density at radius 1 is 1.48 bits per heavy atom. The van der Waals surface area contributed by atoms with E-state index in [2.05, 4.69) is 11.2 Å². The highest BCUT2D eigenvalue weighted by molar-refractivity contribution is 7.89. The van der Waals surface area contributed by atoms with Gasteiger partial charge in [0.2, 0.25) is 10.0 Å². The monoisotopic (exact) mass is 350 g/mol. The molecule has 0 aliphatic rings. The summed E-state index contributed by atoms with van der Waals surface area (Å²) in [6, 6.07) is 2.41. The average molecular weight is 351 g/mol. The number of primary sulfonamides is 1. The normalized spacial score (nSPS) is 12.3. The first-order valence-electron chi connectivity index (χ1n) is 5.57. The molecule has 1 unspecified atom stereocenters. The molecule has 21 heavy (non-hydrogen) atoms. The lowest BCUT2D eigenvalue weighted by molar-refractivity contribution is -0.126. The van der Waals surface area contributed by atoms with Crippen LogP contribution in [0.25, 0.3) is 0 Å². The second-order valence-electron chi connectivity index (χ2n) is 3.92. The number of amides is 1. The fourth-order valence-electron chi connectivity index (χ4n) is 1.35. The lowest BCUT2D eigenvalue weighted by atomic mass is 10.3. The van der Waals surface area contributed by atoms with Gasteiger partial charge in [-0.3, -0.25) is 4.79 Å². The Hall–Kier alpha value is -1.46. The van der Waals surface area contributed by atoms with E-state index in [1.807, 2.05) is 0 Å². The molecule has 0 heterocycles. The predicted molar refractivity (Wildman–Crippen MR) is 79.8 cm³/mol. The molecule has 0 saturated heterocycles. The summed E-state index contributed by atoms with van der Waals surface area (Å²) in [5.74, 6) is 1.85. The van der Waals surface area contributed by atoms with E-state index in [9.17, 15) is 13.2 Å². The topological polar surface area (TPSA) is 98.5 Å². The fraction of sp³-hybridized carbons (Fsp3) is 0.250. The van der Waals surface area contributed by atoms with Gasteiger partial charge in [-0.05, 0) is 19.1 Å². The summed E-state index contributed by atoms with van der Waals surface area (Å²) in [4.78, 5) is 11.3. The van der Waals surface area contributed by atoms with Crippen molar-refractivity contribution >= 4 is 39.1 Å². The van der Waals surface area contributed by atoms with E-state index in [0.29, 0.717) is 0 Å². The van der Waals surface area contributed by atoms with Gasteiger partial charge in [-0.1, -0.05) is 29.1 Å². The summed E-state index contributed by atoms with van der Waals surface area (Å²) < 4.78 is 27.9. The van der Waals surface area contributed by atoms with Crippen molar-refractivity contribution < 1.29 is 17.9 Å². The van der Waals surface area contributed by atoms with Crippen LogP contribution in [0.1, 0.15) is 6.92 Å². The van der Waals surface area contributed by atoms with Gasteiger partial charge in [-0.15, -0.1) is 6.42 Å². The van der Waals surface area contributed by atoms with Crippen molar-refractivity contribution in [3.05, 3.63) is 22.2 Å². The SMILES string of the molecule is C#CCNC(=O)C(C)Oc1ccc(S(N)(=O)=O)c(Cl)c1Cl. The van der Waals surface area contributed by atoms with Crippen LogP contribution in [0.15, 0.2) is 17.0 Å². The molecule has 0 bridgehead atoms. The first kappa shape index (κ1) is 17.6. The van der Waals surface area contributed by atoms with E-state index >= 15 is 0 Å². The van der Waals surface area contributed by atoms with E-state index in [1.165, 1.54) is 13.0 Å². The standard InChI is InChI=1S/C12H12Cl2N2O4S/c1-3-6-16-12(17)7(2)20-8-4-5-9(21(15,18)19)11(14)10(8)13/h1,4-5,7H,6H2,2H3,(H,16,17)(H2,15,18,19). The molecule has 1 rings (SSSR count). The quantitative estimate of drug-likeness (QED) is 0.778. The van der Waals surface area contributed by atoms with Gasteiger partial charge >= 0.3 is 0 Å². The molecule has 0 aliphatic heterocycles. The van der Waals surface area contributed by atoms with E-state index in [-0.39, 0.29) is 27.2 Å². The van der Waals surface area contributed by atoms with Gasteiger partial charge < -0.3 is 10.1 Å². The molecule has 0 saturated carbocycles. The summed E-state index contributed by atoms with van der Waals surface area (Å²) in [6.07, 6.45) is 4.12. The third-order valence-corrected chi connectivity index (χ3v) is 4.29. The highest BCUT2D eigenvalue weighted by Gasteiger charge is 2.21. The van der Waals surface area contributed by atoms with Gasteiger partial charge in [0.05, 0.1) is 11.6 Å². The van der Waals surface area contributed by atoms with E-state index < -0.39 is 22.0 Å². The van der Waals surface area contributed by atoms with Crippen LogP contribution in [-0.2, 0) is 14.8 Å². The lowest BCUT2D eigenvalue weighted by Gasteiger charge is -2.16. The van der Waals surface area contributed by atoms with Gasteiger partial charge in [0.25, 0.3) is 5.91 Å². The number of carbonyl (C=O) groups excluding carboxylic acids is 1. The molecule has 0 spiro atoms. The molecule has 6 nitrogen and oxygen atoms in total. The summed E-state index contributed by atoms with van der Waals surface area (Å²) in [6.45, 7) is 1.54. The molecule has 9 heteroatoms. The zero-order valence-electron chi connectivity index (χ0n) is 10.9. The highest BCUT2D eigenvalue weighted by Crippen LogP contribution is 2.36. The van der Waals surface area contributed by atoms with E-state index in [1.54, 1.807) is 0 Å². The molecule has 0 aliphatic carbocycles. The van der Waals surface area contributed by atoms with Crippen LogP contribution >= 0.6 is 23.2 Å². The Labute approximate surface area is 132 Å².